The van der Waals surface area contributed by atoms with Crippen LogP contribution in [0, 0.1) is 12.3 Å². The molecular formula is C8H10F2N2. The second-order valence-electron chi connectivity index (χ2n) is 2.85. The number of alkyl halides is 2. The van der Waals surface area contributed by atoms with Crippen LogP contribution in [0.1, 0.15) is 26.2 Å². The molecule has 0 fully saturated rings. The Bertz CT molecular complexity index is 234. The highest BCUT2D eigenvalue weighted by atomic mass is 19.3. The van der Waals surface area contributed by atoms with Gasteiger partial charge in [0, 0.05) is 6.42 Å². The van der Waals surface area contributed by atoms with Gasteiger partial charge in [0.2, 0.25) is 0 Å². The van der Waals surface area contributed by atoms with E-state index >= 15 is 0 Å². The summed E-state index contributed by atoms with van der Waals surface area (Å²) in [4.78, 5) is 0. The molecule has 0 aromatic carbocycles. The predicted octanol–water partition coefficient (Wildman–Crippen LogP) is 2.61. The molecule has 0 saturated heterocycles. The van der Waals surface area contributed by atoms with E-state index in [-0.39, 0.29) is 6.42 Å². The lowest BCUT2D eigenvalue weighted by Crippen LogP contribution is -2.36. The van der Waals surface area contributed by atoms with Gasteiger partial charge in [-0.1, -0.05) is 13.3 Å². The molecule has 0 saturated carbocycles. The topological polar surface area (TPSA) is 24.7 Å². The summed E-state index contributed by atoms with van der Waals surface area (Å²) in [6, 6.07) is 0. The molecular weight excluding hydrogens is 162 g/mol. The lowest BCUT2D eigenvalue weighted by molar-refractivity contribution is -0.0422. The molecule has 1 heterocycles. The summed E-state index contributed by atoms with van der Waals surface area (Å²) in [6.07, 6.45) is 5.15. The van der Waals surface area contributed by atoms with Crippen LogP contribution in [0.3, 0.4) is 0 Å². The Hall–Kier alpha value is -0.980. The molecule has 0 spiro atoms. The van der Waals surface area contributed by atoms with Crippen LogP contribution in [0.2, 0.25) is 0 Å². The number of hydrogen-bond acceptors (Lipinski definition) is 2. The van der Waals surface area contributed by atoms with Crippen molar-refractivity contribution in [1.82, 2.24) is 0 Å². The average Bonchev–Trinajstić information content (AvgIpc) is 2.70. The number of rotatable bonds is 4. The third kappa shape index (κ3) is 1.31. The Balaban J connectivity index is 2.62. The molecule has 0 aromatic rings. The lowest BCUT2D eigenvalue weighted by atomic mass is 9.98. The van der Waals surface area contributed by atoms with Crippen LogP contribution in [0.25, 0.3) is 0 Å². The fraction of sp³-hybridized carbons (Fsp3) is 0.750. The number of terminal acetylenes is 1. The maximum absolute atomic E-state index is 13.1. The summed E-state index contributed by atoms with van der Waals surface area (Å²) in [6.45, 7) is 1.82. The first-order valence-corrected chi connectivity index (χ1v) is 3.83. The van der Waals surface area contributed by atoms with Crippen molar-refractivity contribution in [2.45, 2.75) is 37.8 Å². The highest BCUT2D eigenvalue weighted by Gasteiger charge is 2.60. The molecule has 1 rings (SSSR count). The quantitative estimate of drug-likeness (QED) is 0.582. The van der Waals surface area contributed by atoms with Crippen LogP contribution in [0.15, 0.2) is 10.2 Å². The molecule has 0 aliphatic carbocycles. The van der Waals surface area contributed by atoms with Crippen molar-refractivity contribution in [2.24, 2.45) is 10.2 Å². The van der Waals surface area contributed by atoms with E-state index < -0.39 is 18.0 Å². The number of halogens is 2. The minimum atomic E-state index is -2.96. The molecule has 4 heteroatoms. The Morgan fingerprint density at radius 2 is 2.08 bits per heavy atom. The van der Waals surface area contributed by atoms with Crippen LogP contribution in [0.4, 0.5) is 8.78 Å². The van der Waals surface area contributed by atoms with Crippen LogP contribution in [0.5, 0.6) is 0 Å². The van der Waals surface area contributed by atoms with E-state index in [1.165, 1.54) is 0 Å². The third-order valence-corrected chi connectivity index (χ3v) is 1.85. The van der Waals surface area contributed by atoms with Gasteiger partial charge in [0.05, 0.1) is 6.42 Å². The van der Waals surface area contributed by atoms with Gasteiger partial charge in [-0.15, -0.1) is 12.3 Å². The van der Waals surface area contributed by atoms with Crippen molar-refractivity contribution < 1.29 is 8.78 Å². The zero-order valence-corrected chi connectivity index (χ0v) is 6.85. The van der Waals surface area contributed by atoms with Gasteiger partial charge in [0.1, 0.15) is 0 Å². The Morgan fingerprint density at radius 1 is 1.50 bits per heavy atom. The van der Waals surface area contributed by atoms with E-state index in [9.17, 15) is 8.78 Å². The fourth-order valence-corrected chi connectivity index (χ4v) is 1.11. The Kier molecular flexibility index (Phi) is 2.14. The zero-order valence-electron chi connectivity index (χ0n) is 6.85. The highest BCUT2D eigenvalue weighted by Crippen LogP contribution is 2.48. The molecule has 0 amide bonds. The van der Waals surface area contributed by atoms with Gasteiger partial charge >= 0.3 is 5.92 Å². The van der Waals surface area contributed by atoms with Gasteiger partial charge in [-0.3, -0.25) is 0 Å². The molecule has 0 unspecified atom stereocenters. The molecule has 0 radical (unpaired) electrons. The van der Waals surface area contributed by atoms with Crippen molar-refractivity contribution in [1.29, 1.82) is 0 Å². The van der Waals surface area contributed by atoms with E-state index in [4.69, 9.17) is 6.42 Å². The van der Waals surface area contributed by atoms with Crippen molar-refractivity contribution in [3.63, 3.8) is 0 Å². The van der Waals surface area contributed by atoms with Crippen LogP contribution in [-0.4, -0.2) is 11.6 Å². The zero-order chi connectivity index (χ0) is 9.24. The average molecular weight is 172 g/mol. The molecule has 0 atom stereocenters. The minimum Gasteiger partial charge on any atom is -0.201 e. The fourth-order valence-electron chi connectivity index (χ4n) is 1.11. The van der Waals surface area contributed by atoms with Gasteiger partial charge in [-0.05, 0) is 0 Å². The molecule has 12 heavy (non-hydrogen) atoms. The van der Waals surface area contributed by atoms with Crippen molar-refractivity contribution in [3.05, 3.63) is 0 Å². The molecule has 1 aliphatic heterocycles. The maximum Gasteiger partial charge on any atom is 0.306 e. The second-order valence-corrected chi connectivity index (χ2v) is 2.85. The summed E-state index contributed by atoms with van der Waals surface area (Å²) in [5.41, 5.74) is -1.48. The minimum absolute atomic E-state index is 0.279. The van der Waals surface area contributed by atoms with Crippen LogP contribution in [-0.2, 0) is 0 Å². The maximum atomic E-state index is 13.1. The van der Waals surface area contributed by atoms with E-state index in [1.807, 2.05) is 12.8 Å². The molecule has 1 aliphatic rings. The summed E-state index contributed by atoms with van der Waals surface area (Å²) < 4.78 is 26.2. The molecule has 66 valence electrons. The summed E-state index contributed by atoms with van der Waals surface area (Å²) in [5, 5.41) is 6.79. The summed E-state index contributed by atoms with van der Waals surface area (Å²) >= 11 is 0. The second kappa shape index (κ2) is 2.81. The van der Waals surface area contributed by atoms with Crippen molar-refractivity contribution in [3.8, 4) is 12.3 Å². The molecule has 2 nitrogen and oxygen atoms in total. The van der Waals surface area contributed by atoms with Gasteiger partial charge in [-0.2, -0.15) is 10.2 Å². The highest BCUT2D eigenvalue weighted by molar-refractivity contribution is 5.09. The van der Waals surface area contributed by atoms with Crippen molar-refractivity contribution in [2.75, 3.05) is 0 Å². The van der Waals surface area contributed by atoms with Gasteiger partial charge in [-0.25, -0.2) is 8.78 Å². The van der Waals surface area contributed by atoms with Crippen molar-refractivity contribution >= 4 is 0 Å². The summed E-state index contributed by atoms with van der Waals surface area (Å²) in [7, 11) is 0. The standard InChI is InChI=1S/C8H10F2N2/c1-3-5-7(9,10)8(6-4-2)11-12-8/h1H,4-6H2,2H3. The van der Waals surface area contributed by atoms with Gasteiger partial charge < -0.3 is 0 Å². The van der Waals surface area contributed by atoms with Gasteiger partial charge in [0.25, 0.3) is 5.66 Å². The predicted molar refractivity (Wildman–Crippen MR) is 40.9 cm³/mol. The Morgan fingerprint density at radius 3 is 2.42 bits per heavy atom. The SMILES string of the molecule is C#CCC(F)(F)C1(CCC)N=N1. The van der Waals surface area contributed by atoms with Crippen LogP contribution < -0.4 is 0 Å². The summed E-state index contributed by atoms with van der Waals surface area (Å²) in [5.74, 6) is -1.02. The largest absolute Gasteiger partial charge is 0.306 e. The smallest absolute Gasteiger partial charge is 0.201 e. The van der Waals surface area contributed by atoms with E-state index in [2.05, 4.69) is 10.2 Å². The lowest BCUT2D eigenvalue weighted by Gasteiger charge is -2.19. The molecule has 0 N–H and O–H groups in total. The third-order valence-electron chi connectivity index (χ3n) is 1.85. The van der Waals surface area contributed by atoms with E-state index in [0.717, 1.165) is 0 Å². The normalized spacial score (nSPS) is 18.8. The van der Waals surface area contributed by atoms with Gasteiger partial charge in [0.15, 0.2) is 0 Å². The first-order chi connectivity index (χ1) is 5.58. The molecule has 0 aromatic heterocycles. The molecule has 0 bridgehead atoms. The number of hydrogen-bond donors (Lipinski definition) is 0. The van der Waals surface area contributed by atoms with Crippen LogP contribution >= 0.6 is 0 Å². The first kappa shape index (κ1) is 9.11. The Labute approximate surface area is 70.1 Å². The first-order valence-electron chi connectivity index (χ1n) is 3.83. The number of nitrogens with zero attached hydrogens (tertiary/aromatic N) is 2. The van der Waals surface area contributed by atoms with E-state index in [0.29, 0.717) is 6.42 Å². The van der Waals surface area contributed by atoms with E-state index in [1.54, 1.807) is 0 Å². The monoisotopic (exact) mass is 172 g/mol.